The van der Waals surface area contributed by atoms with Crippen LogP contribution in [0.5, 0.6) is 0 Å². The molecule has 1 atom stereocenters. The maximum absolute atomic E-state index is 10.9. The van der Waals surface area contributed by atoms with Crippen LogP contribution in [0.4, 0.5) is 0 Å². The Kier molecular flexibility index (Phi) is 5.09. The molecule has 1 aliphatic heterocycles. The lowest BCUT2D eigenvalue weighted by Crippen LogP contribution is -2.40. The molecule has 1 aliphatic rings. The van der Waals surface area contributed by atoms with E-state index >= 15 is 0 Å². The smallest absolute Gasteiger partial charge is 0.335 e. The van der Waals surface area contributed by atoms with Gasteiger partial charge in [-0.05, 0) is 49.1 Å². The van der Waals surface area contributed by atoms with Gasteiger partial charge in [0.05, 0.1) is 5.56 Å². The number of likely N-dealkylation sites (tertiary alicyclic amines) is 1. The summed E-state index contributed by atoms with van der Waals surface area (Å²) in [6.07, 6.45) is 4.88. The second kappa shape index (κ2) is 7.42. The topological polar surface area (TPSA) is 40.5 Å². The predicted octanol–water partition coefficient (Wildman–Crippen LogP) is 3.98. The van der Waals surface area contributed by atoms with Crippen LogP contribution in [0.2, 0.25) is 0 Å². The predicted molar refractivity (Wildman–Crippen MR) is 91.6 cm³/mol. The Hall–Kier alpha value is -2.13. The first-order valence-electron chi connectivity index (χ1n) is 8.32. The van der Waals surface area contributed by atoms with Crippen molar-refractivity contribution in [2.24, 2.45) is 0 Å². The molecule has 1 unspecified atom stereocenters. The molecule has 1 saturated heterocycles. The number of carboxylic acid groups (broad SMARTS) is 1. The van der Waals surface area contributed by atoms with E-state index in [9.17, 15) is 4.79 Å². The number of hydrogen-bond acceptors (Lipinski definition) is 2. The van der Waals surface area contributed by atoms with Gasteiger partial charge in [0.1, 0.15) is 0 Å². The highest BCUT2D eigenvalue weighted by atomic mass is 16.4. The third-order valence-corrected chi connectivity index (χ3v) is 4.65. The fourth-order valence-corrected chi connectivity index (χ4v) is 3.37. The second-order valence-corrected chi connectivity index (χ2v) is 6.31. The number of hydrogen-bond donors (Lipinski definition) is 1. The third kappa shape index (κ3) is 4.20. The molecule has 1 heterocycles. The molecule has 0 spiro atoms. The summed E-state index contributed by atoms with van der Waals surface area (Å²) in [5, 5.41) is 8.99. The van der Waals surface area contributed by atoms with Crippen molar-refractivity contribution in [1.29, 1.82) is 0 Å². The van der Waals surface area contributed by atoms with Crippen molar-refractivity contribution in [2.75, 3.05) is 6.54 Å². The quantitative estimate of drug-likeness (QED) is 0.908. The van der Waals surface area contributed by atoms with Gasteiger partial charge in [-0.3, -0.25) is 4.90 Å². The fraction of sp³-hybridized carbons (Fsp3) is 0.350. The summed E-state index contributed by atoms with van der Waals surface area (Å²) in [6, 6.07) is 18.5. The fourth-order valence-electron chi connectivity index (χ4n) is 3.37. The van der Waals surface area contributed by atoms with E-state index in [1.54, 1.807) is 12.1 Å². The summed E-state index contributed by atoms with van der Waals surface area (Å²) in [4.78, 5) is 13.5. The number of aromatic carboxylic acids is 1. The molecule has 3 rings (SSSR count). The number of carbonyl (C=O) groups is 1. The Morgan fingerprint density at radius 3 is 2.43 bits per heavy atom. The van der Waals surface area contributed by atoms with Gasteiger partial charge < -0.3 is 5.11 Å². The van der Waals surface area contributed by atoms with Crippen LogP contribution in [0.3, 0.4) is 0 Å². The SMILES string of the molecule is O=C(O)c1ccc(CN2CCCCC2Cc2ccccc2)cc1. The van der Waals surface area contributed by atoms with Gasteiger partial charge in [0.25, 0.3) is 0 Å². The van der Waals surface area contributed by atoms with Gasteiger partial charge >= 0.3 is 5.97 Å². The lowest BCUT2D eigenvalue weighted by molar-refractivity contribution is 0.0697. The molecule has 0 aliphatic carbocycles. The first-order valence-corrected chi connectivity index (χ1v) is 8.32. The molecule has 3 nitrogen and oxygen atoms in total. The zero-order chi connectivity index (χ0) is 16.1. The summed E-state index contributed by atoms with van der Waals surface area (Å²) in [5.41, 5.74) is 2.94. The largest absolute Gasteiger partial charge is 0.478 e. The number of nitrogens with zero attached hydrogens (tertiary/aromatic N) is 1. The van der Waals surface area contributed by atoms with E-state index in [2.05, 4.69) is 35.2 Å². The second-order valence-electron chi connectivity index (χ2n) is 6.31. The first kappa shape index (κ1) is 15.8. The lowest BCUT2D eigenvalue weighted by atomic mass is 9.95. The van der Waals surface area contributed by atoms with Crippen LogP contribution in [-0.2, 0) is 13.0 Å². The Bertz CT molecular complexity index is 636. The molecule has 0 aromatic heterocycles. The molecular formula is C20H23NO2. The van der Waals surface area contributed by atoms with E-state index in [1.165, 1.54) is 30.4 Å². The van der Waals surface area contributed by atoms with Crippen LogP contribution in [0, 0.1) is 0 Å². The highest BCUT2D eigenvalue weighted by Gasteiger charge is 2.22. The average Bonchev–Trinajstić information content (AvgIpc) is 2.58. The van der Waals surface area contributed by atoms with Crippen molar-refractivity contribution in [1.82, 2.24) is 4.90 Å². The maximum atomic E-state index is 10.9. The maximum Gasteiger partial charge on any atom is 0.335 e. The molecule has 0 radical (unpaired) electrons. The van der Waals surface area contributed by atoms with Crippen LogP contribution in [-0.4, -0.2) is 28.6 Å². The van der Waals surface area contributed by atoms with E-state index < -0.39 is 5.97 Å². The van der Waals surface area contributed by atoms with Crippen molar-refractivity contribution in [3.05, 3.63) is 71.3 Å². The Balaban J connectivity index is 1.67. The molecule has 23 heavy (non-hydrogen) atoms. The average molecular weight is 309 g/mol. The van der Waals surface area contributed by atoms with Crippen LogP contribution >= 0.6 is 0 Å². The number of piperidine rings is 1. The van der Waals surface area contributed by atoms with E-state index in [0.29, 0.717) is 11.6 Å². The summed E-state index contributed by atoms with van der Waals surface area (Å²) in [5.74, 6) is -0.864. The summed E-state index contributed by atoms with van der Waals surface area (Å²) in [7, 11) is 0. The third-order valence-electron chi connectivity index (χ3n) is 4.65. The number of benzene rings is 2. The Labute approximate surface area is 137 Å². The summed E-state index contributed by atoms with van der Waals surface area (Å²) >= 11 is 0. The van der Waals surface area contributed by atoms with Crippen molar-refractivity contribution in [3.8, 4) is 0 Å². The monoisotopic (exact) mass is 309 g/mol. The van der Waals surface area contributed by atoms with Crippen LogP contribution in [0.25, 0.3) is 0 Å². The zero-order valence-electron chi connectivity index (χ0n) is 13.3. The van der Waals surface area contributed by atoms with Crippen molar-refractivity contribution in [2.45, 2.75) is 38.3 Å². The summed E-state index contributed by atoms with van der Waals surface area (Å²) in [6.45, 7) is 2.02. The summed E-state index contributed by atoms with van der Waals surface area (Å²) < 4.78 is 0. The van der Waals surface area contributed by atoms with E-state index in [1.807, 2.05) is 12.1 Å². The van der Waals surface area contributed by atoms with Crippen molar-refractivity contribution in [3.63, 3.8) is 0 Å². The van der Waals surface area contributed by atoms with E-state index in [4.69, 9.17) is 5.11 Å². The van der Waals surface area contributed by atoms with Gasteiger partial charge in [-0.2, -0.15) is 0 Å². The minimum atomic E-state index is -0.864. The molecule has 0 saturated carbocycles. The molecule has 1 fully saturated rings. The van der Waals surface area contributed by atoms with Crippen LogP contribution in [0.15, 0.2) is 54.6 Å². The minimum absolute atomic E-state index is 0.355. The lowest BCUT2D eigenvalue weighted by Gasteiger charge is -2.36. The minimum Gasteiger partial charge on any atom is -0.478 e. The standard InChI is InChI=1S/C20H23NO2/c22-20(23)18-11-9-17(10-12-18)15-21-13-5-4-8-19(21)14-16-6-2-1-3-7-16/h1-3,6-7,9-12,19H,4-5,8,13-15H2,(H,22,23). The first-order chi connectivity index (χ1) is 11.2. The van der Waals surface area contributed by atoms with Gasteiger partial charge in [-0.15, -0.1) is 0 Å². The molecule has 0 amide bonds. The highest BCUT2D eigenvalue weighted by molar-refractivity contribution is 5.87. The van der Waals surface area contributed by atoms with Gasteiger partial charge in [-0.1, -0.05) is 48.9 Å². The Morgan fingerprint density at radius 1 is 1.00 bits per heavy atom. The molecule has 1 N–H and O–H groups in total. The number of carboxylic acids is 1. The number of rotatable bonds is 5. The van der Waals surface area contributed by atoms with Gasteiger partial charge in [0, 0.05) is 12.6 Å². The van der Waals surface area contributed by atoms with E-state index in [-0.39, 0.29) is 0 Å². The highest BCUT2D eigenvalue weighted by Crippen LogP contribution is 2.23. The molecule has 0 bridgehead atoms. The molecule has 120 valence electrons. The molecule has 3 heteroatoms. The van der Waals surface area contributed by atoms with E-state index in [0.717, 1.165) is 19.5 Å². The molecule has 2 aromatic rings. The van der Waals surface area contributed by atoms with Crippen LogP contribution < -0.4 is 0 Å². The zero-order valence-corrected chi connectivity index (χ0v) is 13.3. The van der Waals surface area contributed by atoms with Crippen molar-refractivity contribution >= 4 is 5.97 Å². The molecular weight excluding hydrogens is 286 g/mol. The van der Waals surface area contributed by atoms with Gasteiger partial charge in [-0.25, -0.2) is 4.79 Å². The normalized spacial score (nSPS) is 18.7. The van der Waals surface area contributed by atoms with Gasteiger partial charge in [0.15, 0.2) is 0 Å². The van der Waals surface area contributed by atoms with Crippen LogP contribution in [0.1, 0.15) is 40.7 Å². The van der Waals surface area contributed by atoms with Gasteiger partial charge in [0.2, 0.25) is 0 Å². The Morgan fingerprint density at radius 2 is 1.74 bits per heavy atom. The molecule has 2 aromatic carbocycles. The van der Waals surface area contributed by atoms with Crippen molar-refractivity contribution < 1.29 is 9.90 Å².